The molecule has 2 nitrogen and oxygen atoms in total. The van der Waals surface area contributed by atoms with Crippen molar-refractivity contribution in [2.75, 3.05) is 19.6 Å². The fourth-order valence-electron chi connectivity index (χ4n) is 2.56. The molecule has 1 unspecified atom stereocenters. The minimum Gasteiger partial charge on any atom is -0.329 e. The van der Waals surface area contributed by atoms with Crippen molar-refractivity contribution < 1.29 is 0 Å². The first-order valence-electron chi connectivity index (χ1n) is 5.49. The predicted octanol–water partition coefficient (Wildman–Crippen LogP) is 1.38. The second kappa shape index (κ2) is 4.25. The Balaban J connectivity index is 1.79. The quantitative estimate of drug-likeness (QED) is 0.665. The molecule has 0 aromatic carbocycles. The summed E-state index contributed by atoms with van der Waals surface area (Å²) in [5.74, 6) is 0.882. The van der Waals surface area contributed by atoms with E-state index < -0.39 is 0 Å². The van der Waals surface area contributed by atoms with Gasteiger partial charge in [-0.1, -0.05) is 12.2 Å². The highest BCUT2D eigenvalue weighted by Crippen LogP contribution is 2.23. The Morgan fingerprint density at radius 2 is 2.08 bits per heavy atom. The van der Waals surface area contributed by atoms with Gasteiger partial charge in [0, 0.05) is 19.1 Å². The van der Waals surface area contributed by atoms with Crippen molar-refractivity contribution in [1.29, 1.82) is 0 Å². The maximum Gasteiger partial charge on any atom is 0.0219 e. The molecule has 1 atom stereocenters. The number of nitrogens with zero attached hydrogens (tertiary/aromatic N) is 1. The van der Waals surface area contributed by atoms with Crippen molar-refractivity contribution in [2.45, 2.75) is 31.7 Å². The van der Waals surface area contributed by atoms with E-state index >= 15 is 0 Å². The van der Waals surface area contributed by atoms with Gasteiger partial charge in [0.15, 0.2) is 0 Å². The van der Waals surface area contributed by atoms with Crippen LogP contribution < -0.4 is 5.73 Å². The van der Waals surface area contributed by atoms with Crippen molar-refractivity contribution in [3.8, 4) is 0 Å². The van der Waals surface area contributed by atoms with Gasteiger partial charge in [0.2, 0.25) is 0 Å². The summed E-state index contributed by atoms with van der Waals surface area (Å²) < 4.78 is 0. The molecule has 74 valence electrons. The number of nitrogens with two attached hydrogens (primary N) is 1. The molecule has 2 N–H and O–H groups in total. The van der Waals surface area contributed by atoms with E-state index in [1.165, 1.54) is 38.8 Å². The third kappa shape index (κ3) is 2.12. The molecule has 0 saturated carbocycles. The Morgan fingerprint density at radius 1 is 1.31 bits per heavy atom. The highest BCUT2D eigenvalue weighted by atomic mass is 15.2. The summed E-state index contributed by atoms with van der Waals surface area (Å²) in [6.45, 7) is 3.40. The number of hydrogen-bond acceptors (Lipinski definition) is 2. The van der Waals surface area contributed by atoms with Crippen LogP contribution >= 0.6 is 0 Å². The molecule has 1 aliphatic carbocycles. The molecule has 1 saturated heterocycles. The lowest BCUT2D eigenvalue weighted by molar-refractivity contribution is 0.221. The largest absolute Gasteiger partial charge is 0.329 e. The van der Waals surface area contributed by atoms with Crippen LogP contribution in [-0.2, 0) is 0 Å². The van der Waals surface area contributed by atoms with Gasteiger partial charge < -0.3 is 5.73 Å². The summed E-state index contributed by atoms with van der Waals surface area (Å²) in [5.41, 5.74) is 5.74. The van der Waals surface area contributed by atoms with Gasteiger partial charge in [-0.15, -0.1) is 0 Å². The molecule has 1 aliphatic heterocycles. The lowest BCUT2D eigenvalue weighted by Crippen LogP contribution is -2.38. The van der Waals surface area contributed by atoms with Crippen LogP contribution in [0.15, 0.2) is 12.2 Å². The van der Waals surface area contributed by atoms with Crippen LogP contribution in [0.1, 0.15) is 25.7 Å². The molecule has 1 heterocycles. The first-order chi connectivity index (χ1) is 6.40. The monoisotopic (exact) mass is 180 g/mol. The predicted molar refractivity (Wildman–Crippen MR) is 55.5 cm³/mol. The van der Waals surface area contributed by atoms with Gasteiger partial charge in [0.1, 0.15) is 0 Å². The van der Waals surface area contributed by atoms with E-state index in [-0.39, 0.29) is 0 Å². The molecular formula is C11H20N2. The lowest BCUT2D eigenvalue weighted by Gasteiger charge is -2.26. The van der Waals surface area contributed by atoms with E-state index in [9.17, 15) is 0 Å². The molecule has 0 radical (unpaired) electrons. The molecule has 2 aliphatic rings. The standard InChI is InChI=1S/C11H20N2/c12-8-11-6-3-7-13(11)9-10-4-1-2-5-10/h1-2,10-11H,3-9,12H2. The molecule has 0 amide bonds. The molecule has 0 aromatic rings. The third-order valence-electron chi connectivity index (χ3n) is 3.37. The smallest absolute Gasteiger partial charge is 0.0219 e. The Bertz CT molecular complexity index is 181. The maximum atomic E-state index is 5.74. The van der Waals surface area contributed by atoms with E-state index in [4.69, 9.17) is 5.73 Å². The average molecular weight is 180 g/mol. The first-order valence-corrected chi connectivity index (χ1v) is 5.49. The Hall–Kier alpha value is -0.340. The Kier molecular flexibility index (Phi) is 3.01. The van der Waals surface area contributed by atoms with Crippen LogP contribution in [0.2, 0.25) is 0 Å². The van der Waals surface area contributed by atoms with Gasteiger partial charge in [-0.05, 0) is 38.1 Å². The summed E-state index contributed by atoms with van der Waals surface area (Å²) in [7, 11) is 0. The van der Waals surface area contributed by atoms with E-state index in [1.807, 2.05) is 0 Å². The highest BCUT2D eigenvalue weighted by molar-refractivity contribution is 4.96. The SMILES string of the molecule is NCC1CCCN1CC1CC=CC1. The van der Waals surface area contributed by atoms with E-state index in [1.54, 1.807) is 0 Å². The summed E-state index contributed by atoms with van der Waals surface area (Å²) in [6.07, 6.45) is 9.87. The molecule has 0 spiro atoms. The van der Waals surface area contributed by atoms with Crippen LogP contribution in [0.3, 0.4) is 0 Å². The minimum absolute atomic E-state index is 0.681. The zero-order valence-electron chi connectivity index (χ0n) is 8.28. The molecule has 0 bridgehead atoms. The Labute approximate surface area is 80.8 Å². The number of allylic oxidation sites excluding steroid dienone is 2. The van der Waals surface area contributed by atoms with Crippen molar-refractivity contribution in [1.82, 2.24) is 4.90 Å². The van der Waals surface area contributed by atoms with Crippen LogP contribution in [0, 0.1) is 5.92 Å². The van der Waals surface area contributed by atoms with Gasteiger partial charge in [-0.3, -0.25) is 4.90 Å². The van der Waals surface area contributed by atoms with E-state index in [0.717, 1.165) is 12.5 Å². The van der Waals surface area contributed by atoms with Crippen molar-refractivity contribution in [3.63, 3.8) is 0 Å². The average Bonchev–Trinajstić information content (AvgIpc) is 2.76. The second-order valence-electron chi connectivity index (χ2n) is 4.34. The van der Waals surface area contributed by atoms with E-state index in [2.05, 4.69) is 17.1 Å². The van der Waals surface area contributed by atoms with Crippen molar-refractivity contribution >= 4 is 0 Å². The maximum absolute atomic E-state index is 5.74. The van der Waals surface area contributed by atoms with E-state index in [0.29, 0.717) is 6.04 Å². The van der Waals surface area contributed by atoms with Gasteiger partial charge in [-0.2, -0.15) is 0 Å². The molecular weight excluding hydrogens is 160 g/mol. The van der Waals surface area contributed by atoms with Crippen molar-refractivity contribution in [3.05, 3.63) is 12.2 Å². The Morgan fingerprint density at radius 3 is 2.77 bits per heavy atom. The molecule has 0 aromatic heterocycles. The number of likely N-dealkylation sites (tertiary alicyclic amines) is 1. The normalized spacial score (nSPS) is 30.4. The third-order valence-corrected chi connectivity index (χ3v) is 3.37. The van der Waals surface area contributed by atoms with Gasteiger partial charge in [-0.25, -0.2) is 0 Å². The topological polar surface area (TPSA) is 29.3 Å². The number of rotatable bonds is 3. The summed E-state index contributed by atoms with van der Waals surface area (Å²) in [4.78, 5) is 2.59. The van der Waals surface area contributed by atoms with Gasteiger partial charge >= 0.3 is 0 Å². The summed E-state index contributed by atoms with van der Waals surface area (Å²) in [5, 5.41) is 0. The molecule has 2 rings (SSSR count). The van der Waals surface area contributed by atoms with Crippen LogP contribution in [-0.4, -0.2) is 30.6 Å². The summed E-state index contributed by atoms with van der Waals surface area (Å²) >= 11 is 0. The molecule has 13 heavy (non-hydrogen) atoms. The lowest BCUT2D eigenvalue weighted by atomic mass is 10.1. The number of hydrogen-bond donors (Lipinski definition) is 1. The zero-order chi connectivity index (χ0) is 9.10. The van der Waals surface area contributed by atoms with Crippen LogP contribution in [0.25, 0.3) is 0 Å². The van der Waals surface area contributed by atoms with Gasteiger partial charge in [0.05, 0.1) is 0 Å². The molecule has 2 heteroatoms. The van der Waals surface area contributed by atoms with Gasteiger partial charge in [0.25, 0.3) is 0 Å². The molecule has 1 fully saturated rings. The highest BCUT2D eigenvalue weighted by Gasteiger charge is 2.25. The minimum atomic E-state index is 0.681. The fourth-order valence-corrected chi connectivity index (χ4v) is 2.56. The van der Waals surface area contributed by atoms with Crippen LogP contribution in [0.5, 0.6) is 0 Å². The van der Waals surface area contributed by atoms with Crippen LogP contribution in [0.4, 0.5) is 0 Å². The first kappa shape index (κ1) is 9.22. The fraction of sp³-hybridized carbons (Fsp3) is 0.818. The summed E-state index contributed by atoms with van der Waals surface area (Å²) in [6, 6.07) is 0.681. The second-order valence-corrected chi connectivity index (χ2v) is 4.34. The van der Waals surface area contributed by atoms with Crippen molar-refractivity contribution in [2.24, 2.45) is 11.7 Å². The zero-order valence-corrected chi connectivity index (χ0v) is 8.28.